The van der Waals surface area contributed by atoms with E-state index in [2.05, 4.69) is 9.63 Å². The molecule has 0 radical (unpaired) electrons. The van der Waals surface area contributed by atoms with Crippen LogP contribution in [-0.2, 0) is 6.54 Å². The molecule has 2 aromatic rings. The molecule has 3 rings (SSSR count). The van der Waals surface area contributed by atoms with Crippen molar-refractivity contribution >= 4 is 24.4 Å². The van der Waals surface area contributed by atoms with Crippen LogP contribution in [0.15, 0.2) is 29.1 Å². The van der Waals surface area contributed by atoms with Crippen LogP contribution in [0.25, 0.3) is 9.65 Å². The van der Waals surface area contributed by atoms with E-state index in [9.17, 15) is 4.79 Å². The molecule has 0 unspecified atom stereocenters. The second kappa shape index (κ2) is 5.46. The standard InChI is InChI=1S/C15H19NOSe/c17-15-13-9-5-6-10-14(13)18-16(15)11-12-7-3-1-2-4-8-12/h5-6,9-10,12H,1-4,7-8,11H2. The third kappa shape index (κ3) is 2.48. The normalized spacial score (nSPS) is 18.0. The molecule has 0 bridgehead atoms. The van der Waals surface area contributed by atoms with Gasteiger partial charge < -0.3 is 0 Å². The average Bonchev–Trinajstić information content (AvgIpc) is 2.58. The summed E-state index contributed by atoms with van der Waals surface area (Å²) < 4.78 is 3.39. The van der Waals surface area contributed by atoms with E-state index in [4.69, 9.17) is 0 Å². The molecule has 96 valence electrons. The van der Waals surface area contributed by atoms with Gasteiger partial charge in [-0.3, -0.25) is 0 Å². The van der Waals surface area contributed by atoms with Gasteiger partial charge in [0.1, 0.15) is 0 Å². The van der Waals surface area contributed by atoms with Crippen molar-refractivity contribution in [1.29, 1.82) is 0 Å². The van der Waals surface area contributed by atoms with E-state index in [0.29, 0.717) is 0 Å². The second-order valence-corrected chi connectivity index (χ2v) is 7.54. The summed E-state index contributed by atoms with van der Waals surface area (Å²) in [6.07, 6.45) is 8.11. The zero-order valence-corrected chi connectivity index (χ0v) is 12.3. The van der Waals surface area contributed by atoms with Crippen LogP contribution in [-0.4, -0.2) is 18.3 Å². The van der Waals surface area contributed by atoms with Gasteiger partial charge in [-0.2, -0.15) is 0 Å². The van der Waals surface area contributed by atoms with Crippen LogP contribution < -0.4 is 5.56 Å². The van der Waals surface area contributed by atoms with Crippen LogP contribution >= 0.6 is 0 Å². The Balaban J connectivity index is 1.85. The Morgan fingerprint density at radius 2 is 1.83 bits per heavy atom. The first-order valence-corrected chi connectivity index (χ1v) is 8.56. The molecule has 1 aromatic carbocycles. The zero-order chi connectivity index (χ0) is 12.4. The van der Waals surface area contributed by atoms with Crippen molar-refractivity contribution in [3.05, 3.63) is 34.6 Å². The van der Waals surface area contributed by atoms with Crippen molar-refractivity contribution in [2.24, 2.45) is 5.92 Å². The molecule has 0 aliphatic heterocycles. The molecular weight excluding hydrogens is 289 g/mol. The van der Waals surface area contributed by atoms with Gasteiger partial charge in [-0.1, -0.05) is 0 Å². The Labute approximate surface area is 114 Å². The molecule has 1 aliphatic carbocycles. The maximum atomic E-state index is 12.3. The molecular formula is C15H19NOSe. The van der Waals surface area contributed by atoms with Crippen molar-refractivity contribution in [3.8, 4) is 0 Å². The van der Waals surface area contributed by atoms with Gasteiger partial charge >= 0.3 is 114 Å². The van der Waals surface area contributed by atoms with Gasteiger partial charge in [0.15, 0.2) is 0 Å². The molecule has 0 N–H and O–H groups in total. The van der Waals surface area contributed by atoms with Crippen molar-refractivity contribution in [2.45, 2.75) is 45.1 Å². The summed E-state index contributed by atoms with van der Waals surface area (Å²) in [7, 11) is 0. The first kappa shape index (κ1) is 12.3. The third-order valence-corrected chi connectivity index (χ3v) is 6.23. The number of hydrogen-bond acceptors (Lipinski definition) is 1. The molecule has 0 saturated heterocycles. The average molecular weight is 308 g/mol. The number of benzene rings is 1. The van der Waals surface area contributed by atoms with E-state index in [1.807, 2.05) is 18.2 Å². The first-order chi connectivity index (χ1) is 8.84. The molecule has 0 amide bonds. The van der Waals surface area contributed by atoms with E-state index in [-0.39, 0.29) is 20.3 Å². The number of nitrogens with zero attached hydrogens (tertiary/aromatic N) is 1. The molecule has 18 heavy (non-hydrogen) atoms. The number of hydrogen-bond donors (Lipinski definition) is 0. The summed E-state index contributed by atoms with van der Waals surface area (Å²) in [6, 6.07) is 8.11. The zero-order valence-electron chi connectivity index (χ0n) is 10.6. The van der Waals surface area contributed by atoms with Gasteiger partial charge in [0.2, 0.25) is 0 Å². The van der Waals surface area contributed by atoms with E-state index in [1.165, 1.54) is 42.8 Å². The summed E-state index contributed by atoms with van der Waals surface area (Å²) in [5.41, 5.74) is 0.273. The van der Waals surface area contributed by atoms with Gasteiger partial charge in [0.05, 0.1) is 0 Å². The predicted octanol–water partition coefficient (Wildman–Crippen LogP) is 3.03. The van der Waals surface area contributed by atoms with Crippen LogP contribution in [0.2, 0.25) is 0 Å². The molecule has 1 fully saturated rings. The quantitative estimate of drug-likeness (QED) is 0.617. The molecule has 0 atom stereocenters. The Morgan fingerprint density at radius 3 is 2.56 bits per heavy atom. The summed E-state index contributed by atoms with van der Waals surface area (Å²) in [5.74, 6) is 0.743. The molecule has 1 saturated carbocycles. The number of aromatic nitrogens is 1. The fraction of sp³-hybridized carbons (Fsp3) is 0.533. The van der Waals surface area contributed by atoms with E-state index in [1.54, 1.807) is 0 Å². The molecule has 3 heteroatoms. The minimum absolute atomic E-state index is 0.222. The fourth-order valence-electron chi connectivity index (χ4n) is 2.92. The van der Waals surface area contributed by atoms with E-state index < -0.39 is 0 Å². The second-order valence-electron chi connectivity index (χ2n) is 5.31. The Hall–Kier alpha value is -0.791. The Morgan fingerprint density at radius 1 is 1.11 bits per heavy atom. The summed E-state index contributed by atoms with van der Waals surface area (Å²) in [4.78, 5) is 12.3. The van der Waals surface area contributed by atoms with Crippen molar-refractivity contribution in [2.75, 3.05) is 0 Å². The van der Waals surface area contributed by atoms with Gasteiger partial charge in [0, 0.05) is 0 Å². The van der Waals surface area contributed by atoms with Gasteiger partial charge in [-0.05, 0) is 0 Å². The molecule has 1 heterocycles. The maximum absolute atomic E-state index is 12.3. The van der Waals surface area contributed by atoms with E-state index in [0.717, 1.165) is 17.8 Å². The van der Waals surface area contributed by atoms with Crippen molar-refractivity contribution in [1.82, 2.24) is 3.56 Å². The van der Waals surface area contributed by atoms with Gasteiger partial charge in [-0.15, -0.1) is 0 Å². The van der Waals surface area contributed by atoms with Crippen LogP contribution in [0, 0.1) is 5.92 Å². The summed E-state index contributed by atoms with van der Waals surface area (Å²) in [6.45, 7) is 0.994. The van der Waals surface area contributed by atoms with Gasteiger partial charge in [0.25, 0.3) is 0 Å². The van der Waals surface area contributed by atoms with Crippen LogP contribution in [0.5, 0.6) is 0 Å². The first-order valence-electron chi connectivity index (χ1n) is 6.93. The Bertz CT molecular complexity index is 575. The van der Waals surface area contributed by atoms with Crippen LogP contribution in [0.4, 0.5) is 0 Å². The molecule has 1 aromatic heterocycles. The SMILES string of the molecule is O=c1c2ccccc2[se]n1CC1CCCCCC1. The predicted molar refractivity (Wildman–Crippen MR) is 76.3 cm³/mol. The fourth-order valence-corrected chi connectivity index (χ4v) is 5.22. The summed E-state index contributed by atoms with van der Waals surface area (Å²) >= 11 is 0.222. The van der Waals surface area contributed by atoms with Crippen LogP contribution in [0.1, 0.15) is 38.5 Å². The van der Waals surface area contributed by atoms with Crippen LogP contribution in [0.3, 0.4) is 0 Å². The molecule has 0 spiro atoms. The topological polar surface area (TPSA) is 22.0 Å². The third-order valence-electron chi connectivity index (χ3n) is 3.95. The monoisotopic (exact) mass is 309 g/mol. The number of rotatable bonds is 2. The van der Waals surface area contributed by atoms with Crippen molar-refractivity contribution in [3.63, 3.8) is 0 Å². The number of fused-ring (bicyclic) bond motifs is 1. The van der Waals surface area contributed by atoms with Crippen molar-refractivity contribution < 1.29 is 0 Å². The Kier molecular flexibility index (Phi) is 3.72. The minimum atomic E-state index is 0.222. The van der Waals surface area contributed by atoms with E-state index >= 15 is 0 Å². The molecule has 2 nitrogen and oxygen atoms in total. The molecule has 1 aliphatic rings. The summed E-state index contributed by atoms with van der Waals surface area (Å²) in [5, 5.41) is 0.950. The van der Waals surface area contributed by atoms with Gasteiger partial charge in [-0.25, -0.2) is 0 Å².